The fraction of sp³-hybridized carbons (Fsp3) is 0.714. The van der Waals surface area contributed by atoms with Crippen LogP contribution in [0, 0.1) is 5.92 Å². The summed E-state index contributed by atoms with van der Waals surface area (Å²) in [7, 11) is 3.64. The van der Waals surface area contributed by atoms with E-state index in [0.717, 1.165) is 24.6 Å². The summed E-state index contributed by atoms with van der Waals surface area (Å²) >= 11 is 1.36. The van der Waals surface area contributed by atoms with Crippen LogP contribution in [-0.2, 0) is 4.74 Å². The van der Waals surface area contributed by atoms with Gasteiger partial charge < -0.3 is 20.3 Å². The van der Waals surface area contributed by atoms with Gasteiger partial charge in [-0.2, -0.15) is 0 Å². The van der Waals surface area contributed by atoms with E-state index in [1.807, 2.05) is 23.8 Å². The number of nitrogens with zero attached hydrogens (tertiary/aromatic N) is 3. The highest BCUT2D eigenvalue weighted by atomic mass is 32.1. The third kappa shape index (κ3) is 3.29. The fourth-order valence-electron chi connectivity index (χ4n) is 2.44. The summed E-state index contributed by atoms with van der Waals surface area (Å²) in [5.74, 6) is 0.766. The van der Waals surface area contributed by atoms with Crippen molar-refractivity contribution in [2.24, 2.45) is 5.92 Å². The predicted molar refractivity (Wildman–Crippen MR) is 86.0 cm³/mol. The highest BCUT2D eigenvalue weighted by Gasteiger charge is 2.31. The van der Waals surface area contributed by atoms with Crippen molar-refractivity contribution in [3.8, 4) is 0 Å². The van der Waals surface area contributed by atoms with Crippen molar-refractivity contribution < 1.29 is 9.53 Å². The van der Waals surface area contributed by atoms with Crippen molar-refractivity contribution in [3.63, 3.8) is 0 Å². The molecule has 6 nitrogen and oxygen atoms in total. The molecule has 1 saturated heterocycles. The number of nitrogens with two attached hydrogens (primary N) is 1. The van der Waals surface area contributed by atoms with Gasteiger partial charge >= 0.3 is 0 Å². The number of likely N-dealkylation sites (tertiary alicyclic amines) is 1. The van der Waals surface area contributed by atoms with Crippen LogP contribution < -0.4 is 10.6 Å². The molecule has 0 bridgehead atoms. The monoisotopic (exact) mass is 312 g/mol. The molecule has 1 aromatic rings. The Labute approximate surface area is 129 Å². The van der Waals surface area contributed by atoms with E-state index in [2.05, 4.69) is 11.9 Å². The molecule has 1 amide bonds. The summed E-state index contributed by atoms with van der Waals surface area (Å²) in [6, 6.07) is 0. The molecule has 7 heteroatoms. The minimum absolute atomic E-state index is 0.0327. The normalized spacial score (nSPS) is 22.4. The van der Waals surface area contributed by atoms with E-state index in [1.165, 1.54) is 11.3 Å². The van der Waals surface area contributed by atoms with Crippen LogP contribution in [0.25, 0.3) is 0 Å². The second kappa shape index (κ2) is 6.62. The maximum absolute atomic E-state index is 12.7. The van der Waals surface area contributed by atoms with Crippen molar-refractivity contribution in [1.82, 2.24) is 9.88 Å². The lowest BCUT2D eigenvalue weighted by Crippen LogP contribution is -2.46. The number of anilines is 2. The van der Waals surface area contributed by atoms with Crippen molar-refractivity contribution in [2.45, 2.75) is 26.4 Å². The first-order valence-electron chi connectivity index (χ1n) is 7.27. The summed E-state index contributed by atoms with van der Waals surface area (Å²) in [6.45, 7) is 6.39. The summed E-state index contributed by atoms with van der Waals surface area (Å²) in [5.41, 5.74) is 5.93. The van der Waals surface area contributed by atoms with Crippen LogP contribution in [0.4, 0.5) is 10.9 Å². The first-order chi connectivity index (χ1) is 9.97. The number of aromatic nitrogens is 1. The average Bonchev–Trinajstić information content (AvgIpc) is 2.88. The summed E-state index contributed by atoms with van der Waals surface area (Å²) < 4.78 is 5.47. The molecule has 2 heterocycles. The van der Waals surface area contributed by atoms with Crippen LogP contribution in [-0.4, -0.2) is 55.7 Å². The van der Waals surface area contributed by atoms with Gasteiger partial charge in [0.15, 0.2) is 5.13 Å². The second-order valence-electron chi connectivity index (χ2n) is 5.52. The van der Waals surface area contributed by atoms with Gasteiger partial charge in [-0.05, 0) is 19.3 Å². The fourth-order valence-corrected chi connectivity index (χ4v) is 3.42. The van der Waals surface area contributed by atoms with E-state index < -0.39 is 0 Å². The number of nitrogen functional groups attached to an aromatic ring is 1. The van der Waals surface area contributed by atoms with Gasteiger partial charge in [0.05, 0.1) is 6.10 Å². The minimum atomic E-state index is -0.0327. The topological polar surface area (TPSA) is 71.7 Å². The predicted octanol–water partition coefficient (Wildman–Crippen LogP) is 1.68. The van der Waals surface area contributed by atoms with Gasteiger partial charge in [-0.15, -0.1) is 0 Å². The third-order valence-electron chi connectivity index (χ3n) is 4.12. The third-order valence-corrected chi connectivity index (χ3v) is 5.29. The maximum atomic E-state index is 12.7. The van der Waals surface area contributed by atoms with Crippen LogP contribution in [0.2, 0.25) is 0 Å². The average molecular weight is 312 g/mol. The van der Waals surface area contributed by atoms with E-state index >= 15 is 0 Å². The lowest BCUT2D eigenvalue weighted by molar-refractivity contribution is -0.00136. The number of thiazole rings is 1. The van der Waals surface area contributed by atoms with Crippen molar-refractivity contribution in [1.29, 1.82) is 0 Å². The summed E-state index contributed by atoms with van der Waals surface area (Å²) in [5, 5.41) is 0.784. The zero-order chi connectivity index (χ0) is 15.6. The number of piperidine rings is 1. The molecule has 1 aliphatic rings. The van der Waals surface area contributed by atoms with Crippen molar-refractivity contribution in [3.05, 3.63) is 4.88 Å². The molecule has 2 rings (SSSR count). The molecule has 1 aromatic heterocycles. The number of carbonyl (C=O) groups is 1. The van der Waals surface area contributed by atoms with Crippen LogP contribution in [0.5, 0.6) is 0 Å². The number of methoxy groups -OCH3 is 1. The van der Waals surface area contributed by atoms with Crippen LogP contribution in [0.1, 0.15) is 29.9 Å². The van der Waals surface area contributed by atoms with E-state index in [-0.39, 0.29) is 12.0 Å². The van der Waals surface area contributed by atoms with E-state index in [9.17, 15) is 4.79 Å². The van der Waals surface area contributed by atoms with Gasteiger partial charge in [-0.25, -0.2) is 4.98 Å². The lowest BCUT2D eigenvalue weighted by atomic mass is 9.96. The molecule has 2 N–H and O–H groups in total. The lowest BCUT2D eigenvalue weighted by Gasteiger charge is -2.36. The first kappa shape index (κ1) is 16.0. The number of carbonyl (C=O) groups excluding carboxylic acids is 1. The molecule has 0 radical (unpaired) electrons. The molecule has 0 aromatic carbocycles. The smallest absolute Gasteiger partial charge is 0.267 e. The molecule has 0 saturated carbocycles. The Morgan fingerprint density at radius 1 is 1.62 bits per heavy atom. The Bertz CT molecular complexity index is 505. The van der Waals surface area contributed by atoms with Gasteiger partial charge in [0, 0.05) is 33.8 Å². The van der Waals surface area contributed by atoms with E-state index in [0.29, 0.717) is 23.2 Å². The van der Waals surface area contributed by atoms with Crippen LogP contribution in [0.3, 0.4) is 0 Å². The standard InChI is InChI=1S/C14H24N4O2S/c1-5-17(3)14-16-12(15)11(21-14)13(19)18-7-6-9(2)10(8-18)20-4/h9-10H,5-8,15H2,1-4H3. The first-order valence-corrected chi connectivity index (χ1v) is 8.09. The quantitative estimate of drug-likeness (QED) is 0.916. The number of amides is 1. The molecule has 21 heavy (non-hydrogen) atoms. The Hall–Kier alpha value is -1.34. The van der Waals surface area contributed by atoms with Gasteiger partial charge in [0.1, 0.15) is 10.7 Å². The van der Waals surface area contributed by atoms with E-state index in [4.69, 9.17) is 10.5 Å². The Morgan fingerprint density at radius 2 is 2.33 bits per heavy atom. The second-order valence-corrected chi connectivity index (χ2v) is 6.49. The van der Waals surface area contributed by atoms with Gasteiger partial charge in [-0.3, -0.25) is 4.79 Å². The van der Waals surface area contributed by atoms with Crippen molar-refractivity contribution in [2.75, 3.05) is 44.4 Å². The van der Waals surface area contributed by atoms with Crippen LogP contribution in [0.15, 0.2) is 0 Å². The zero-order valence-electron chi connectivity index (χ0n) is 13.1. The van der Waals surface area contributed by atoms with Gasteiger partial charge in [0.2, 0.25) is 0 Å². The number of rotatable bonds is 4. The summed E-state index contributed by atoms with van der Waals surface area (Å²) in [4.78, 5) is 21.3. The maximum Gasteiger partial charge on any atom is 0.267 e. The van der Waals surface area contributed by atoms with Gasteiger partial charge in [0.25, 0.3) is 5.91 Å². The minimum Gasteiger partial charge on any atom is -0.382 e. The number of ether oxygens (including phenoxy) is 1. The Morgan fingerprint density at radius 3 is 2.95 bits per heavy atom. The number of hydrogen-bond acceptors (Lipinski definition) is 6. The molecule has 2 atom stereocenters. The summed E-state index contributed by atoms with van der Waals surface area (Å²) in [6.07, 6.45) is 1.04. The molecule has 118 valence electrons. The largest absolute Gasteiger partial charge is 0.382 e. The van der Waals surface area contributed by atoms with Gasteiger partial charge in [-0.1, -0.05) is 18.3 Å². The molecule has 2 unspecified atom stereocenters. The molecule has 0 spiro atoms. The molecule has 0 aliphatic carbocycles. The molecular weight excluding hydrogens is 288 g/mol. The van der Waals surface area contributed by atoms with Crippen LogP contribution >= 0.6 is 11.3 Å². The molecular formula is C14H24N4O2S. The molecule has 1 fully saturated rings. The van der Waals surface area contributed by atoms with Crippen molar-refractivity contribution >= 4 is 28.2 Å². The Balaban J connectivity index is 2.15. The number of hydrogen-bond donors (Lipinski definition) is 1. The SMILES string of the molecule is CCN(C)c1nc(N)c(C(=O)N2CCC(C)C(OC)C2)s1. The molecule has 1 aliphatic heterocycles. The highest BCUT2D eigenvalue weighted by molar-refractivity contribution is 7.18. The zero-order valence-corrected chi connectivity index (χ0v) is 13.9. The highest BCUT2D eigenvalue weighted by Crippen LogP contribution is 2.30. The Kier molecular flexibility index (Phi) is 5.05. The van der Waals surface area contributed by atoms with E-state index in [1.54, 1.807) is 7.11 Å².